The van der Waals surface area contributed by atoms with Crippen molar-refractivity contribution < 1.29 is 27.9 Å². The zero-order valence-corrected chi connectivity index (χ0v) is 15.7. The number of carbonyl (C=O) groups excluding carboxylic acids is 2. The van der Waals surface area contributed by atoms with Crippen LogP contribution in [-0.2, 0) is 19.6 Å². The molecule has 2 aromatic rings. The van der Waals surface area contributed by atoms with E-state index in [1.54, 1.807) is 30.3 Å². The van der Waals surface area contributed by atoms with Gasteiger partial charge in [0.1, 0.15) is 0 Å². The second-order valence-corrected chi connectivity index (χ2v) is 8.11. The minimum Gasteiger partial charge on any atom is -0.548 e. The number of carboxylic acids is 1. The topological polar surface area (TPSA) is 116 Å². The van der Waals surface area contributed by atoms with Crippen molar-refractivity contribution in [2.24, 2.45) is 0 Å². The maximum atomic E-state index is 12.6. The van der Waals surface area contributed by atoms with Crippen LogP contribution in [-0.4, -0.2) is 50.9 Å². The average Bonchev–Trinajstić information content (AvgIpc) is 2.73. The number of morpholine rings is 1. The Hall–Kier alpha value is -2.75. The van der Waals surface area contributed by atoms with Gasteiger partial charge in [0, 0.05) is 18.7 Å². The minimum absolute atomic E-state index is 0.0606. The Morgan fingerprint density at radius 3 is 2.18 bits per heavy atom. The molecular weight excluding hydrogens is 384 g/mol. The molecule has 0 aliphatic carbocycles. The summed E-state index contributed by atoms with van der Waals surface area (Å²) in [6.45, 7) is 1.22. The summed E-state index contributed by atoms with van der Waals surface area (Å²) in [5, 5.41) is 13.8. The molecule has 8 nitrogen and oxygen atoms in total. The maximum Gasteiger partial charge on any atom is 0.252 e. The number of ether oxygens (including phenoxy) is 1. The Morgan fingerprint density at radius 1 is 1.00 bits per heavy atom. The molecule has 1 aliphatic heterocycles. The monoisotopic (exact) mass is 403 g/mol. The van der Waals surface area contributed by atoms with Crippen LogP contribution in [0.1, 0.15) is 22.0 Å². The van der Waals surface area contributed by atoms with E-state index in [0.29, 0.717) is 18.8 Å². The fourth-order valence-corrected chi connectivity index (χ4v) is 4.26. The highest BCUT2D eigenvalue weighted by Gasteiger charge is 2.26. The summed E-state index contributed by atoms with van der Waals surface area (Å²) >= 11 is 0. The normalized spacial score (nSPS) is 16.3. The van der Waals surface area contributed by atoms with E-state index < -0.39 is 27.9 Å². The van der Waals surface area contributed by atoms with E-state index in [-0.39, 0.29) is 23.5 Å². The first-order chi connectivity index (χ1) is 13.4. The third kappa shape index (κ3) is 4.38. The Bertz CT molecular complexity index is 938. The fourth-order valence-electron chi connectivity index (χ4n) is 2.85. The lowest BCUT2D eigenvalue weighted by molar-refractivity contribution is -0.308. The molecule has 28 heavy (non-hydrogen) atoms. The molecule has 1 heterocycles. The van der Waals surface area contributed by atoms with Crippen molar-refractivity contribution >= 4 is 21.9 Å². The number of benzene rings is 2. The molecular formula is C19H19N2O6S-. The van der Waals surface area contributed by atoms with Gasteiger partial charge >= 0.3 is 0 Å². The quantitative estimate of drug-likeness (QED) is 0.722. The average molecular weight is 403 g/mol. The molecule has 9 heteroatoms. The van der Waals surface area contributed by atoms with Crippen molar-refractivity contribution in [1.29, 1.82) is 0 Å². The fraction of sp³-hybridized carbons (Fsp3) is 0.263. The molecule has 0 radical (unpaired) electrons. The number of hydrogen-bond acceptors (Lipinski definition) is 6. The van der Waals surface area contributed by atoms with Crippen LogP contribution in [0.5, 0.6) is 0 Å². The van der Waals surface area contributed by atoms with Gasteiger partial charge in [0.2, 0.25) is 10.0 Å². The molecule has 1 atom stereocenters. The number of carboxylic acid groups (broad SMARTS) is 1. The van der Waals surface area contributed by atoms with Gasteiger partial charge in [-0.1, -0.05) is 30.3 Å². The van der Waals surface area contributed by atoms with Gasteiger partial charge in [-0.2, -0.15) is 4.31 Å². The predicted molar refractivity (Wildman–Crippen MR) is 97.7 cm³/mol. The highest BCUT2D eigenvalue weighted by Crippen LogP contribution is 2.18. The van der Waals surface area contributed by atoms with Crippen molar-refractivity contribution in [3.63, 3.8) is 0 Å². The number of aliphatic carboxylic acids is 1. The summed E-state index contributed by atoms with van der Waals surface area (Å²) in [7, 11) is -3.67. The Balaban J connectivity index is 1.75. The number of hydrogen-bond donors (Lipinski definition) is 1. The second-order valence-electron chi connectivity index (χ2n) is 6.18. The highest BCUT2D eigenvalue weighted by molar-refractivity contribution is 7.89. The first-order valence-corrected chi connectivity index (χ1v) is 10.1. The molecule has 1 saturated heterocycles. The minimum atomic E-state index is -3.67. The lowest BCUT2D eigenvalue weighted by atomic mass is 10.1. The summed E-state index contributed by atoms with van der Waals surface area (Å²) in [6, 6.07) is 12.2. The molecule has 1 N–H and O–H groups in total. The van der Waals surface area contributed by atoms with Crippen LogP contribution in [0, 0.1) is 0 Å². The van der Waals surface area contributed by atoms with Crippen molar-refractivity contribution in [3.8, 4) is 0 Å². The van der Waals surface area contributed by atoms with Gasteiger partial charge in [-0.15, -0.1) is 0 Å². The van der Waals surface area contributed by atoms with Gasteiger partial charge in [0.05, 0.1) is 30.1 Å². The summed E-state index contributed by atoms with van der Waals surface area (Å²) < 4.78 is 31.7. The summed E-state index contributed by atoms with van der Waals surface area (Å²) in [6.07, 6.45) is 0. The molecule has 0 spiro atoms. The molecule has 148 valence electrons. The van der Waals surface area contributed by atoms with Gasteiger partial charge in [-0.3, -0.25) is 4.79 Å². The molecule has 1 fully saturated rings. The molecule has 2 aromatic carbocycles. The number of nitrogens with zero attached hydrogens (tertiary/aromatic N) is 1. The van der Waals surface area contributed by atoms with Crippen LogP contribution in [0.3, 0.4) is 0 Å². The summed E-state index contributed by atoms with van der Waals surface area (Å²) in [5.74, 6) is -2.08. The van der Waals surface area contributed by atoms with Crippen LogP contribution in [0.2, 0.25) is 0 Å². The number of rotatable bonds is 6. The first kappa shape index (κ1) is 20.0. The van der Waals surface area contributed by atoms with Gasteiger partial charge in [0.15, 0.2) is 0 Å². The van der Waals surface area contributed by atoms with Gasteiger partial charge in [0.25, 0.3) is 5.91 Å². The number of sulfonamides is 1. The Labute approximate surface area is 162 Å². The SMILES string of the molecule is O=C(N[C@H](C(=O)[O-])c1ccccc1)c1ccc(S(=O)(=O)N2CCOCC2)cc1. The molecule has 1 aliphatic rings. The van der Waals surface area contributed by atoms with E-state index in [9.17, 15) is 23.1 Å². The second kappa shape index (κ2) is 8.51. The molecule has 0 aromatic heterocycles. The molecule has 3 rings (SSSR count). The predicted octanol–water partition coefficient (Wildman–Crippen LogP) is -0.0715. The van der Waals surface area contributed by atoms with Crippen molar-refractivity contribution in [2.75, 3.05) is 26.3 Å². The molecule has 0 bridgehead atoms. The van der Waals surface area contributed by atoms with E-state index in [1.807, 2.05) is 0 Å². The standard InChI is InChI=1S/C19H20N2O6S/c22-18(20-17(19(23)24)14-4-2-1-3-5-14)15-6-8-16(9-7-15)28(25,26)21-10-12-27-13-11-21/h1-9,17H,10-13H2,(H,20,22)(H,23,24)/p-1/t17-/m0/s1. The zero-order chi connectivity index (χ0) is 20.1. The lowest BCUT2D eigenvalue weighted by Crippen LogP contribution is -2.41. The smallest absolute Gasteiger partial charge is 0.252 e. The van der Waals surface area contributed by atoms with Crippen LogP contribution in [0.4, 0.5) is 0 Å². The summed E-state index contributed by atoms with van der Waals surface area (Å²) in [4.78, 5) is 23.9. The van der Waals surface area contributed by atoms with Gasteiger partial charge in [-0.05, 0) is 29.8 Å². The Morgan fingerprint density at radius 2 is 1.61 bits per heavy atom. The molecule has 1 amide bonds. The van der Waals surface area contributed by atoms with Crippen molar-refractivity contribution in [2.45, 2.75) is 10.9 Å². The molecule has 0 unspecified atom stereocenters. The van der Waals surface area contributed by atoms with Crippen molar-refractivity contribution in [1.82, 2.24) is 9.62 Å². The number of carbonyl (C=O) groups is 2. The van der Waals surface area contributed by atoms with Gasteiger partial charge in [-0.25, -0.2) is 8.42 Å². The molecule has 0 saturated carbocycles. The van der Waals surface area contributed by atoms with E-state index >= 15 is 0 Å². The van der Waals surface area contributed by atoms with Crippen LogP contribution >= 0.6 is 0 Å². The number of amides is 1. The van der Waals surface area contributed by atoms with Crippen molar-refractivity contribution in [3.05, 3.63) is 65.7 Å². The van der Waals surface area contributed by atoms with E-state index in [2.05, 4.69) is 5.32 Å². The lowest BCUT2D eigenvalue weighted by Gasteiger charge is -2.26. The van der Waals surface area contributed by atoms with E-state index in [4.69, 9.17) is 4.74 Å². The Kier molecular flexibility index (Phi) is 6.08. The first-order valence-electron chi connectivity index (χ1n) is 8.64. The van der Waals surface area contributed by atoms with Crippen LogP contribution in [0.25, 0.3) is 0 Å². The van der Waals surface area contributed by atoms with E-state index in [1.165, 1.54) is 28.6 Å². The zero-order valence-electron chi connectivity index (χ0n) is 14.9. The number of nitrogens with one attached hydrogen (secondary N) is 1. The largest absolute Gasteiger partial charge is 0.548 e. The maximum absolute atomic E-state index is 12.6. The van der Waals surface area contributed by atoms with Gasteiger partial charge < -0.3 is 20.0 Å². The highest BCUT2D eigenvalue weighted by atomic mass is 32.2. The van der Waals surface area contributed by atoms with E-state index in [0.717, 1.165) is 0 Å². The summed E-state index contributed by atoms with van der Waals surface area (Å²) in [5.41, 5.74) is 0.519. The van der Waals surface area contributed by atoms with Crippen LogP contribution in [0.15, 0.2) is 59.5 Å². The third-order valence-electron chi connectivity index (χ3n) is 4.37. The third-order valence-corrected chi connectivity index (χ3v) is 6.28. The van der Waals surface area contributed by atoms with Crippen LogP contribution < -0.4 is 10.4 Å².